The highest BCUT2D eigenvalue weighted by Gasteiger charge is 2.32. The standard InChI is InChI=1S/C25H24F3NO6S/c1-33-14-13-29(24(30)18-34-21-9-3-2-4-10-21)17-19-7-5-11-22(15-19)35-36(31,32)23-12-6-8-20(16-23)25(26,27)28/h2-12,15-16H,13-14,17-18H2,1H3. The van der Waals surface area contributed by atoms with Crippen LogP contribution in [-0.2, 0) is 32.4 Å². The summed E-state index contributed by atoms with van der Waals surface area (Å²) in [4.78, 5) is 13.6. The predicted octanol–water partition coefficient (Wildman–Crippen LogP) is 4.53. The third kappa shape index (κ3) is 7.72. The summed E-state index contributed by atoms with van der Waals surface area (Å²) in [6.07, 6.45) is -4.70. The maximum atomic E-state index is 13.0. The molecule has 7 nitrogen and oxygen atoms in total. The smallest absolute Gasteiger partial charge is 0.416 e. The maximum Gasteiger partial charge on any atom is 0.416 e. The molecule has 0 aliphatic heterocycles. The molecule has 0 spiro atoms. The molecule has 0 aliphatic rings. The first-order chi connectivity index (χ1) is 17.1. The van der Waals surface area contributed by atoms with Crippen molar-refractivity contribution in [1.29, 1.82) is 0 Å². The predicted molar refractivity (Wildman–Crippen MR) is 125 cm³/mol. The summed E-state index contributed by atoms with van der Waals surface area (Å²) in [7, 11) is -3.04. The van der Waals surface area contributed by atoms with E-state index in [1.165, 1.54) is 30.2 Å². The van der Waals surface area contributed by atoms with Crippen LogP contribution in [0.15, 0.2) is 83.8 Å². The lowest BCUT2D eigenvalue weighted by atomic mass is 10.2. The second kappa shape index (κ2) is 11.9. The molecule has 0 N–H and O–H groups in total. The third-order valence-electron chi connectivity index (χ3n) is 4.95. The largest absolute Gasteiger partial charge is 0.484 e. The summed E-state index contributed by atoms with van der Waals surface area (Å²) in [6.45, 7) is 0.396. The zero-order valence-corrected chi connectivity index (χ0v) is 20.1. The molecule has 0 atom stereocenters. The van der Waals surface area contributed by atoms with Crippen molar-refractivity contribution < 1.29 is 40.0 Å². The second-order valence-corrected chi connectivity index (χ2v) is 9.17. The van der Waals surface area contributed by atoms with E-state index in [9.17, 15) is 26.4 Å². The number of rotatable bonds is 11. The van der Waals surface area contributed by atoms with Gasteiger partial charge >= 0.3 is 16.3 Å². The van der Waals surface area contributed by atoms with E-state index in [2.05, 4.69) is 0 Å². The SMILES string of the molecule is COCCN(Cc1cccc(OS(=O)(=O)c2cccc(C(F)(F)F)c2)c1)C(=O)COc1ccccc1. The number of methoxy groups -OCH3 is 1. The summed E-state index contributed by atoms with van der Waals surface area (Å²) in [5.41, 5.74) is -0.568. The van der Waals surface area contributed by atoms with Gasteiger partial charge in [0.2, 0.25) is 0 Å². The first-order valence-electron chi connectivity index (χ1n) is 10.7. The average molecular weight is 524 g/mol. The molecule has 0 heterocycles. The van der Waals surface area contributed by atoms with E-state index >= 15 is 0 Å². The van der Waals surface area contributed by atoms with E-state index < -0.39 is 26.8 Å². The maximum absolute atomic E-state index is 13.0. The average Bonchev–Trinajstić information content (AvgIpc) is 2.85. The van der Waals surface area contributed by atoms with E-state index in [4.69, 9.17) is 13.7 Å². The lowest BCUT2D eigenvalue weighted by Gasteiger charge is -2.23. The molecule has 36 heavy (non-hydrogen) atoms. The van der Waals surface area contributed by atoms with Crippen molar-refractivity contribution in [2.75, 3.05) is 26.9 Å². The van der Waals surface area contributed by atoms with Gasteiger partial charge in [0.1, 0.15) is 16.4 Å². The van der Waals surface area contributed by atoms with Crippen molar-refractivity contribution in [3.8, 4) is 11.5 Å². The normalized spacial score (nSPS) is 11.7. The van der Waals surface area contributed by atoms with E-state index in [1.807, 2.05) is 6.07 Å². The van der Waals surface area contributed by atoms with E-state index in [0.29, 0.717) is 17.4 Å². The van der Waals surface area contributed by atoms with E-state index in [-0.39, 0.29) is 38.0 Å². The molecule has 0 unspecified atom stereocenters. The quantitative estimate of drug-likeness (QED) is 0.344. The molecule has 0 aliphatic carbocycles. The summed E-state index contributed by atoms with van der Waals surface area (Å²) in [5.74, 6) is 0.108. The number of carbonyl (C=O) groups excluding carboxylic acids is 1. The number of alkyl halides is 3. The van der Waals surface area contributed by atoms with E-state index in [0.717, 1.165) is 18.2 Å². The molecule has 0 radical (unpaired) electrons. The van der Waals surface area contributed by atoms with Crippen LogP contribution in [0.4, 0.5) is 13.2 Å². The van der Waals surface area contributed by atoms with Crippen LogP contribution in [0.5, 0.6) is 11.5 Å². The molecule has 3 rings (SSSR count). The van der Waals surface area contributed by atoms with Gasteiger partial charge in [-0.15, -0.1) is 0 Å². The van der Waals surface area contributed by atoms with Gasteiger partial charge in [0.25, 0.3) is 5.91 Å². The highest BCUT2D eigenvalue weighted by Crippen LogP contribution is 2.31. The summed E-state index contributed by atoms with van der Waals surface area (Å²) < 4.78 is 79.8. The Morgan fingerprint density at radius 2 is 1.61 bits per heavy atom. The van der Waals surface area contributed by atoms with Gasteiger partial charge in [-0.2, -0.15) is 21.6 Å². The number of nitrogens with zero attached hydrogens (tertiary/aromatic N) is 1. The summed E-state index contributed by atoms with van der Waals surface area (Å²) in [6, 6.07) is 18.1. The number of ether oxygens (including phenoxy) is 2. The molecule has 3 aromatic carbocycles. The lowest BCUT2D eigenvalue weighted by Crippen LogP contribution is -2.36. The number of halogens is 3. The lowest BCUT2D eigenvalue weighted by molar-refractivity contribution is -0.137. The molecule has 0 aromatic heterocycles. The first-order valence-corrected chi connectivity index (χ1v) is 12.1. The number of hydrogen-bond acceptors (Lipinski definition) is 6. The molecule has 1 amide bonds. The highest BCUT2D eigenvalue weighted by atomic mass is 32.2. The van der Waals surface area contributed by atoms with Gasteiger partial charge in [-0.3, -0.25) is 4.79 Å². The number of amides is 1. The molecule has 3 aromatic rings. The van der Waals surface area contributed by atoms with Crippen LogP contribution in [0.3, 0.4) is 0 Å². The Morgan fingerprint density at radius 1 is 0.917 bits per heavy atom. The number of benzene rings is 3. The molecule has 11 heteroatoms. The van der Waals surface area contributed by atoms with Gasteiger partial charge < -0.3 is 18.6 Å². The number of hydrogen-bond donors (Lipinski definition) is 0. The fourth-order valence-corrected chi connectivity index (χ4v) is 4.14. The number of para-hydroxylation sites is 1. The molecule has 0 bridgehead atoms. The van der Waals surface area contributed by atoms with Crippen LogP contribution in [-0.4, -0.2) is 46.1 Å². The van der Waals surface area contributed by atoms with Crippen molar-refractivity contribution >= 4 is 16.0 Å². The zero-order valence-electron chi connectivity index (χ0n) is 19.3. The van der Waals surface area contributed by atoms with Gasteiger partial charge in [0, 0.05) is 20.2 Å². The zero-order chi connectivity index (χ0) is 26.2. The summed E-state index contributed by atoms with van der Waals surface area (Å²) in [5, 5.41) is 0. The number of carbonyl (C=O) groups is 1. The topological polar surface area (TPSA) is 82.1 Å². The molecule has 192 valence electrons. The van der Waals surface area contributed by atoms with Crippen molar-refractivity contribution in [3.63, 3.8) is 0 Å². The van der Waals surface area contributed by atoms with Gasteiger partial charge in [-0.25, -0.2) is 0 Å². The van der Waals surface area contributed by atoms with Crippen LogP contribution in [0.2, 0.25) is 0 Å². The first kappa shape index (κ1) is 27.0. The van der Waals surface area contributed by atoms with Crippen molar-refractivity contribution in [2.45, 2.75) is 17.6 Å². The third-order valence-corrected chi connectivity index (χ3v) is 6.19. The molecule has 0 saturated carbocycles. The van der Waals surface area contributed by atoms with Crippen molar-refractivity contribution in [1.82, 2.24) is 4.90 Å². The molecular weight excluding hydrogens is 499 g/mol. The molecular formula is C25H24F3NO6S. The minimum Gasteiger partial charge on any atom is -0.484 e. The van der Waals surface area contributed by atoms with Crippen LogP contribution in [0, 0.1) is 0 Å². The minimum atomic E-state index is -4.70. The van der Waals surface area contributed by atoms with E-state index in [1.54, 1.807) is 30.3 Å². The van der Waals surface area contributed by atoms with Crippen molar-refractivity contribution in [2.24, 2.45) is 0 Å². The van der Waals surface area contributed by atoms with Gasteiger partial charge in [-0.05, 0) is 48.0 Å². The van der Waals surface area contributed by atoms with Gasteiger partial charge in [0.15, 0.2) is 6.61 Å². The molecule has 0 fully saturated rings. The van der Waals surface area contributed by atoms with Crippen LogP contribution < -0.4 is 8.92 Å². The Labute approximate surface area is 207 Å². The fraction of sp³-hybridized carbons (Fsp3) is 0.240. The highest BCUT2D eigenvalue weighted by molar-refractivity contribution is 7.87. The van der Waals surface area contributed by atoms with Gasteiger partial charge in [-0.1, -0.05) is 36.4 Å². The van der Waals surface area contributed by atoms with Crippen LogP contribution in [0.1, 0.15) is 11.1 Å². The Kier molecular flexibility index (Phi) is 8.94. The Bertz CT molecular complexity index is 1270. The Hall–Kier alpha value is -3.57. The van der Waals surface area contributed by atoms with Crippen molar-refractivity contribution in [3.05, 3.63) is 90.0 Å². The van der Waals surface area contributed by atoms with Gasteiger partial charge in [0.05, 0.1) is 12.2 Å². The van der Waals surface area contributed by atoms with Crippen LogP contribution >= 0.6 is 0 Å². The second-order valence-electron chi connectivity index (χ2n) is 7.62. The van der Waals surface area contributed by atoms with Crippen LogP contribution in [0.25, 0.3) is 0 Å². The Morgan fingerprint density at radius 3 is 2.31 bits per heavy atom. The fourth-order valence-electron chi connectivity index (χ4n) is 3.17. The molecule has 0 saturated heterocycles. The monoisotopic (exact) mass is 523 g/mol. The Balaban J connectivity index is 1.73. The summed E-state index contributed by atoms with van der Waals surface area (Å²) >= 11 is 0. The minimum absolute atomic E-state index is 0.0984.